The van der Waals surface area contributed by atoms with Crippen LogP contribution in [0.3, 0.4) is 0 Å². The van der Waals surface area contributed by atoms with E-state index in [9.17, 15) is 4.79 Å². The third kappa shape index (κ3) is 2.31. The highest BCUT2D eigenvalue weighted by molar-refractivity contribution is 5.91. The first-order valence-corrected chi connectivity index (χ1v) is 7.03. The molecule has 3 nitrogen and oxygen atoms in total. The molecular formula is C18H17NO2. The summed E-state index contributed by atoms with van der Waals surface area (Å²) in [5.74, 6) is 0.802. The number of nitrogens with zero attached hydrogens (tertiary/aromatic N) is 1. The quantitative estimate of drug-likeness (QED) is 0.672. The lowest BCUT2D eigenvalue weighted by molar-refractivity contribution is 0.111. The summed E-state index contributed by atoms with van der Waals surface area (Å²) >= 11 is 0. The molecule has 0 aliphatic rings. The second-order valence-electron chi connectivity index (χ2n) is 4.99. The summed E-state index contributed by atoms with van der Waals surface area (Å²) in [7, 11) is 0. The molecule has 0 radical (unpaired) electrons. The smallest absolute Gasteiger partial charge is 0.167 e. The number of carbonyl (C=O) groups excluding carboxylic acids is 1. The minimum Gasteiger partial charge on any atom is -0.493 e. The van der Waals surface area contributed by atoms with Gasteiger partial charge in [0.2, 0.25) is 0 Å². The van der Waals surface area contributed by atoms with Crippen LogP contribution in [0.1, 0.15) is 23.0 Å². The second kappa shape index (κ2) is 5.44. The number of fused-ring (bicyclic) bond motifs is 1. The van der Waals surface area contributed by atoms with Crippen LogP contribution in [0.15, 0.2) is 48.7 Å². The largest absolute Gasteiger partial charge is 0.493 e. The molecule has 0 spiro atoms. The first kappa shape index (κ1) is 13.4. The molecule has 0 saturated carbocycles. The van der Waals surface area contributed by atoms with Gasteiger partial charge in [0.1, 0.15) is 5.75 Å². The normalized spacial score (nSPS) is 10.8. The number of hydrogen-bond acceptors (Lipinski definition) is 2. The van der Waals surface area contributed by atoms with Gasteiger partial charge in [0, 0.05) is 22.8 Å². The predicted octanol–water partition coefficient (Wildman–Crippen LogP) is 4.13. The van der Waals surface area contributed by atoms with Gasteiger partial charge in [-0.2, -0.15) is 0 Å². The molecule has 106 valence electrons. The Hall–Kier alpha value is -2.55. The summed E-state index contributed by atoms with van der Waals surface area (Å²) < 4.78 is 7.60. The van der Waals surface area contributed by atoms with Crippen LogP contribution < -0.4 is 4.74 Å². The van der Waals surface area contributed by atoms with Crippen LogP contribution in [0.25, 0.3) is 16.6 Å². The molecule has 1 aromatic carbocycles. The zero-order valence-corrected chi connectivity index (χ0v) is 12.2. The Balaban J connectivity index is 2.27. The number of hydrogen-bond donors (Lipinski definition) is 0. The molecule has 2 heterocycles. The summed E-state index contributed by atoms with van der Waals surface area (Å²) in [6.07, 6.45) is 2.83. The molecule has 0 atom stereocenters. The molecule has 3 heteroatoms. The van der Waals surface area contributed by atoms with Gasteiger partial charge in [-0.15, -0.1) is 0 Å². The minimum atomic E-state index is 0.597. The van der Waals surface area contributed by atoms with E-state index < -0.39 is 0 Å². The maximum Gasteiger partial charge on any atom is 0.167 e. The lowest BCUT2D eigenvalue weighted by Crippen LogP contribution is -1.96. The average molecular weight is 279 g/mol. The van der Waals surface area contributed by atoms with Gasteiger partial charge in [-0.05, 0) is 43.7 Å². The fraction of sp³-hybridized carbons (Fsp3) is 0.167. The van der Waals surface area contributed by atoms with Crippen LogP contribution in [-0.4, -0.2) is 17.3 Å². The van der Waals surface area contributed by atoms with E-state index in [0.29, 0.717) is 12.3 Å². The van der Waals surface area contributed by atoms with Crippen molar-refractivity contribution in [2.45, 2.75) is 13.8 Å². The lowest BCUT2D eigenvalue weighted by Gasteiger charge is -2.09. The Morgan fingerprint density at radius 3 is 2.71 bits per heavy atom. The zero-order valence-electron chi connectivity index (χ0n) is 12.2. The van der Waals surface area contributed by atoms with Gasteiger partial charge in [0.05, 0.1) is 12.3 Å². The molecule has 21 heavy (non-hydrogen) atoms. The molecule has 0 bridgehead atoms. The van der Waals surface area contributed by atoms with Gasteiger partial charge in [-0.1, -0.05) is 18.2 Å². The van der Waals surface area contributed by atoms with Gasteiger partial charge in [0.25, 0.3) is 0 Å². The Morgan fingerprint density at radius 2 is 1.95 bits per heavy atom. The van der Waals surface area contributed by atoms with Crippen molar-refractivity contribution in [1.29, 1.82) is 0 Å². The van der Waals surface area contributed by atoms with Crippen LogP contribution in [0.5, 0.6) is 5.75 Å². The highest BCUT2D eigenvalue weighted by Gasteiger charge is 2.14. The summed E-state index contributed by atoms with van der Waals surface area (Å²) in [6.45, 7) is 4.60. The van der Waals surface area contributed by atoms with Gasteiger partial charge < -0.3 is 9.14 Å². The first-order valence-electron chi connectivity index (χ1n) is 7.03. The van der Waals surface area contributed by atoms with Crippen LogP contribution in [0.4, 0.5) is 0 Å². The maximum absolute atomic E-state index is 11.6. The molecule has 0 saturated heterocycles. The third-order valence-corrected chi connectivity index (χ3v) is 3.56. The van der Waals surface area contributed by atoms with Crippen LogP contribution in [-0.2, 0) is 0 Å². The van der Waals surface area contributed by atoms with Crippen LogP contribution >= 0.6 is 0 Å². The van der Waals surface area contributed by atoms with E-state index in [0.717, 1.165) is 28.7 Å². The molecule has 3 aromatic rings. The number of carbonyl (C=O) groups is 1. The first-order chi connectivity index (χ1) is 10.2. The van der Waals surface area contributed by atoms with E-state index in [1.54, 1.807) is 0 Å². The van der Waals surface area contributed by atoms with E-state index in [1.165, 1.54) is 5.56 Å². The maximum atomic E-state index is 11.6. The predicted molar refractivity (Wildman–Crippen MR) is 84.1 cm³/mol. The number of benzene rings is 1. The fourth-order valence-electron chi connectivity index (χ4n) is 2.62. The monoisotopic (exact) mass is 279 g/mol. The summed E-state index contributed by atoms with van der Waals surface area (Å²) in [4.78, 5) is 11.6. The van der Waals surface area contributed by atoms with E-state index >= 15 is 0 Å². The van der Waals surface area contributed by atoms with E-state index in [-0.39, 0.29) is 0 Å². The van der Waals surface area contributed by atoms with Crippen molar-refractivity contribution in [2.24, 2.45) is 0 Å². The highest BCUT2D eigenvalue weighted by atomic mass is 16.5. The summed E-state index contributed by atoms with van der Waals surface area (Å²) in [6, 6.07) is 13.9. The molecule has 0 fully saturated rings. The zero-order chi connectivity index (χ0) is 14.8. The third-order valence-electron chi connectivity index (χ3n) is 3.56. The topological polar surface area (TPSA) is 30.7 Å². The second-order valence-corrected chi connectivity index (χ2v) is 4.99. The number of ether oxygens (including phenoxy) is 1. The fourth-order valence-corrected chi connectivity index (χ4v) is 2.62. The van der Waals surface area contributed by atoms with Crippen molar-refractivity contribution < 1.29 is 9.53 Å². The summed E-state index contributed by atoms with van der Waals surface area (Å²) in [5.41, 5.74) is 4.68. The molecule has 2 aromatic heterocycles. The van der Waals surface area contributed by atoms with Crippen LogP contribution in [0, 0.1) is 6.92 Å². The number of para-hydroxylation sites is 1. The van der Waals surface area contributed by atoms with Gasteiger partial charge in [-0.25, -0.2) is 0 Å². The van der Waals surface area contributed by atoms with Crippen LogP contribution in [0.2, 0.25) is 0 Å². The van der Waals surface area contributed by atoms with Gasteiger partial charge in [0.15, 0.2) is 6.29 Å². The SMILES string of the molecule is CCOc1ccccc1-c1cc2cc(C)ccn2c1C=O. The van der Waals surface area contributed by atoms with Crippen molar-refractivity contribution in [3.8, 4) is 16.9 Å². The molecule has 0 N–H and O–H groups in total. The number of aromatic nitrogens is 1. The van der Waals surface area contributed by atoms with Gasteiger partial charge in [-0.3, -0.25) is 4.79 Å². The molecule has 0 unspecified atom stereocenters. The summed E-state index contributed by atoms with van der Waals surface area (Å²) in [5, 5.41) is 0. The van der Waals surface area contributed by atoms with Gasteiger partial charge >= 0.3 is 0 Å². The minimum absolute atomic E-state index is 0.597. The number of pyridine rings is 1. The Morgan fingerprint density at radius 1 is 1.14 bits per heavy atom. The number of rotatable bonds is 4. The van der Waals surface area contributed by atoms with E-state index in [2.05, 4.69) is 6.07 Å². The Labute approximate surface area is 123 Å². The standard InChI is InChI=1S/C18H17NO2/c1-3-21-18-7-5-4-6-15(18)16-11-14-10-13(2)8-9-19(14)17(16)12-20/h4-12H,3H2,1-2H3. The van der Waals surface area contributed by atoms with Crippen molar-refractivity contribution in [3.63, 3.8) is 0 Å². The molecule has 0 aliphatic carbocycles. The van der Waals surface area contributed by atoms with E-state index in [1.807, 2.05) is 60.8 Å². The Kier molecular flexibility index (Phi) is 3.48. The average Bonchev–Trinajstić information content (AvgIpc) is 2.85. The van der Waals surface area contributed by atoms with E-state index in [4.69, 9.17) is 4.74 Å². The molecule has 0 amide bonds. The molecule has 0 aliphatic heterocycles. The molecule has 3 rings (SSSR count). The number of aryl methyl sites for hydroxylation is 1. The molecular weight excluding hydrogens is 262 g/mol. The van der Waals surface area contributed by atoms with Crippen molar-refractivity contribution >= 4 is 11.8 Å². The van der Waals surface area contributed by atoms with Crippen molar-refractivity contribution in [2.75, 3.05) is 6.61 Å². The van der Waals surface area contributed by atoms with Crippen molar-refractivity contribution in [3.05, 3.63) is 59.9 Å². The highest BCUT2D eigenvalue weighted by Crippen LogP contribution is 2.34. The van der Waals surface area contributed by atoms with Crippen molar-refractivity contribution in [1.82, 2.24) is 4.40 Å². The Bertz CT molecular complexity index is 802. The number of aldehydes is 1. The lowest BCUT2D eigenvalue weighted by atomic mass is 10.1.